The third kappa shape index (κ3) is 3.60. The fourth-order valence-corrected chi connectivity index (χ4v) is 3.58. The van der Waals surface area contributed by atoms with Crippen molar-refractivity contribution >= 4 is 22.9 Å². The molecule has 1 heterocycles. The highest BCUT2D eigenvalue weighted by atomic mass is 16.4. The van der Waals surface area contributed by atoms with Gasteiger partial charge in [0.15, 0.2) is 0 Å². The Kier molecular flexibility index (Phi) is 4.92. The Morgan fingerprint density at radius 3 is 2.72 bits per heavy atom. The summed E-state index contributed by atoms with van der Waals surface area (Å²) in [5.74, 6) is -1.05. The van der Waals surface area contributed by atoms with Crippen LogP contribution in [-0.4, -0.2) is 45.0 Å². The number of carboxylic acids is 1. The minimum Gasteiger partial charge on any atom is -0.481 e. The topological polar surface area (TPSA) is 95.4 Å². The normalized spacial score (nSPS) is 14.9. The average molecular weight is 345 g/mol. The van der Waals surface area contributed by atoms with E-state index in [1.165, 1.54) is 4.90 Å². The highest BCUT2D eigenvalue weighted by molar-refractivity contribution is 5.97. The van der Waals surface area contributed by atoms with Crippen LogP contribution >= 0.6 is 0 Å². The lowest BCUT2D eigenvalue weighted by Crippen LogP contribution is -2.28. The molecule has 0 atom stereocenters. The van der Waals surface area contributed by atoms with Gasteiger partial charge in [-0.25, -0.2) is 4.79 Å². The van der Waals surface area contributed by atoms with E-state index in [2.05, 4.69) is 4.98 Å². The summed E-state index contributed by atoms with van der Waals surface area (Å²) < 4.78 is 1.81. The monoisotopic (exact) mass is 345 g/mol. The van der Waals surface area contributed by atoms with Gasteiger partial charge in [-0.2, -0.15) is 0 Å². The zero-order chi connectivity index (χ0) is 18.0. The van der Waals surface area contributed by atoms with Crippen LogP contribution in [0.4, 0.5) is 0 Å². The van der Waals surface area contributed by atoms with Crippen LogP contribution in [0.2, 0.25) is 0 Å². The number of nitrogens with zero attached hydrogens (tertiary/aromatic N) is 2. The second-order valence-electron chi connectivity index (χ2n) is 6.69. The molecule has 0 bridgehead atoms. The molecule has 1 saturated carbocycles. The molecule has 1 aromatic heterocycles. The number of imidazole rings is 1. The number of fused-ring (bicyclic) bond motifs is 1. The van der Waals surface area contributed by atoms with Crippen molar-refractivity contribution in [3.63, 3.8) is 0 Å². The first-order valence-corrected chi connectivity index (χ1v) is 8.69. The summed E-state index contributed by atoms with van der Waals surface area (Å²) >= 11 is 0. The molecule has 2 aromatic rings. The van der Waals surface area contributed by atoms with Crippen LogP contribution in [-0.2, 0) is 4.79 Å². The number of aliphatic carboxylic acids is 1. The van der Waals surface area contributed by atoms with Gasteiger partial charge in [-0.05, 0) is 37.5 Å². The van der Waals surface area contributed by atoms with Crippen molar-refractivity contribution in [1.29, 1.82) is 0 Å². The number of rotatable bonds is 6. The lowest BCUT2D eigenvalue weighted by molar-refractivity contribution is -0.137. The summed E-state index contributed by atoms with van der Waals surface area (Å²) in [7, 11) is 1.65. The van der Waals surface area contributed by atoms with Gasteiger partial charge in [-0.15, -0.1) is 0 Å². The van der Waals surface area contributed by atoms with Gasteiger partial charge in [0.2, 0.25) is 0 Å². The molecule has 0 radical (unpaired) electrons. The molecule has 1 aliphatic rings. The molecule has 3 rings (SSSR count). The molecule has 0 saturated heterocycles. The summed E-state index contributed by atoms with van der Waals surface area (Å²) in [6, 6.07) is 5.50. The van der Waals surface area contributed by atoms with Crippen LogP contribution < -0.4 is 5.69 Å². The summed E-state index contributed by atoms with van der Waals surface area (Å²) in [6.07, 6.45) is 4.76. The average Bonchev–Trinajstić information content (AvgIpc) is 3.19. The molecule has 25 heavy (non-hydrogen) atoms. The predicted octanol–water partition coefficient (Wildman–Crippen LogP) is 2.38. The lowest BCUT2D eigenvalue weighted by Gasteiger charge is -2.17. The van der Waals surface area contributed by atoms with Crippen LogP contribution in [0.15, 0.2) is 23.0 Å². The smallest absolute Gasteiger partial charge is 0.326 e. The minimum absolute atomic E-state index is 0.0359. The summed E-state index contributed by atoms with van der Waals surface area (Å²) in [4.78, 5) is 39.7. The van der Waals surface area contributed by atoms with Crippen molar-refractivity contribution in [2.45, 2.75) is 44.6 Å². The molecule has 7 heteroatoms. The number of aromatic nitrogens is 2. The number of carboxylic acid groups (broad SMARTS) is 1. The van der Waals surface area contributed by atoms with Crippen LogP contribution in [0.25, 0.3) is 11.0 Å². The van der Waals surface area contributed by atoms with Crippen molar-refractivity contribution in [3.8, 4) is 0 Å². The Morgan fingerprint density at radius 1 is 1.32 bits per heavy atom. The largest absolute Gasteiger partial charge is 0.481 e. The Bertz CT molecular complexity index is 846. The van der Waals surface area contributed by atoms with Crippen LogP contribution in [0, 0.1) is 0 Å². The summed E-state index contributed by atoms with van der Waals surface area (Å²) in [6.45, 7) is 0.378. The van der Waals surface area contributed by atoms with E-state index in [4.69, 9.17) is 5.11 Å². The van der Waals surface area contributed by atoms with Gasteiger partial charge in [0.05, 0.1) is 11.0 Å². The number of amides is 1. The van der Waals surface area contributed by atoms with E-state index < -0.39 is 5.97 Å². The first kappa shape index (κ1) is 17.3. The van der Waals surface area contributed by atoms with Gasteiger partial charge in [-0.1, -0.05) is 12.8 Å². The third-order valence-electron chi connectivity index (χ3n) is 4.88. The van der Waals surface area contributed by atoms with E-state index in [0.717, 1.165) is 31.2 Å². The molecule has 0 aliphatic heterocycles. The van der Waals surface area contributed by atoms with E-state index in [9.17, 15) is 14.4 Å². The van der Waals surface area contributed by atoms with Gasteiger partial charge in [0, 0.05) is 31.6 Å². The molecule has 1 amide bonds. The predicted molar refractivity (Wildman–Crippen MR) is 93.9 cm³/mol. The van der Waals surface area contributed by atoms with Gasteiger partial charge < -0.3 is 15.0 Å². The van der Waals surface area contributed by atoms with Crippen molar-refractivity contribution in [1.82, 2.24) is 14.5 Å². The van der Waals surface area contributed by atoms with Crippen molar-refractivity contribution in [2.75, 3.05) is 13.6 Å². The van der Waals surface area contributed by atoms with E-state index in [1.54, 1.807) is 19.2 Å². The van der Waals surface area contributed by atoms with Gasteiger partial charge >= 0.3 is 11.7 Å². The highest BCUT2D eigenvalue weighted by Crippen LogP contribution is 2.30. The van der Waals surface area contributed by atoms with Crippen molar-refractivity contribution in [3.05, 3.63) is 34.2 Å². The molecular weight excluding hydrogens is 322 g/mol. The first-order valence-electron chi connectivity index (χ1n) is 8.69. The van der Waals surface area contributed by atoms with Crippen LogP contribution in [0.1, 0.15) is 54.9 Å². The maximum atomic E-state index is 12.5. The minimum atomic E-state index is -0.868. The molecule has 1 aromatic carbocycles. The van der Waals surface area contributed by atoms with Crippen molar-refractivity contribution in [2.24, 2.45) is 0 Å². The number of hydrogen-bond acceptors (Lipinski definition) is 3. The van der Waals surface area contributed by atoms with Gasteiger partial charge in [0.1, 0.15) is 0 Å². The Balaban J connectivity index is 1.80. The van der Waals surface area contributed by atoms with Crippen molar-refractivity contribution < 1.29 is 14.7 Å². The third-order valence-corrected chi connectivity index (χ3v) is 4.88. The second kappa shape index (κ2) is 7.13. The van der Waals surface area contributed by atoms with E-state index >= 15 is 0 Å². The molecule has 0 unspecified atom stereocenters. The molecule has 1 fully saturated rings. The molecule has 7 nitrogen and oxygen atoms in total. The fourth-order valence-electron chi connectivity index (χ4n) is 3.58. The maximum absolute atomic E-state index is 12.5. The van der Waals surface area contributed by atoms with Gasteiger partial charge in [0.25, 0.3) is 5.91 Å². The van der Waals surface area contributed by atoms with E-state index in [-0.39, 0.29) is 24.1 Å². The van der Waals surface area contributed by atoms with E-state index in [0.29, 0.717) is 24.0 Å². The number of nitrogens with one attached hydrogen (secondary N) is 1. The Hall–Kier alpha value is -2.57. The fraction of sp³-hybridized carbons (Fsp3) is 0.500. The SMILES string of the molecule is CN(CCCC(=O)O)C(=O)c1ccc2c(c1)[nH]c(=O)n2C1CCCC1. The zero-order valence-corrected chi connectivity index (χ0v) is 14.3. The number of hydrogen-bond donors (Lipinski definition) is 2. The number of carbonyl (C=O) groups excluding carboxylic acids is 1. The number of carbonyl (C=O) groups is 2. The maximum Gasteiger partial charge on any atom is 0.326 e. The highest BCUT2D eigenvalue weighted by Gasteiger charge is 2.22. The second-order valence-corrected chi connectivity index (χ2v) is 6.69. The summed E-state index contributed by atoms with van der Waals surface area (Å²) in [5.41, 5.74) is 1.87. The molecular formula is C18H23N3O4. The zero-order valence-electron chi connectivity index (χ0n) is 14.3. The lowest BCUT2D eigenvalue weighted by atomic mass is 10.1. The molecule has 1 aliphatic carbocycles. The van der Waals surface area contributed by atoms with Crippen LogP contribution in [0.5, 0.6) is 0 Å². The van der Waals surface area contributed by atoms with Gasteiger partial charge in [-0.3, -0.25) is 14.2 Å². The first-order chi connectivity index (χ1) is 12.0. The molecule has 134 valence electrons. The molecule has 0 spiro atoms. The van der Waals surface area contributed by atoms with E-state index in [1.807, 2.05) is 10.6 Å². The van der Waals surface area contributed by atoms with Crippen LogP contribution in [0.3, 0.4) is 0 Å². The number of aromatic amines is 1. The standard InChI is InChI=1S/C18H23N3O4/c1-20(10-4-7-16(22)23)17(24)12-8-9-15-14(11-12)19-18(25)21(15)13-5-2-3-6-13/h8-9,11,13H,2-7,10H2,1H3,(H,19,25)(H,22,23). The summed E-state index contributed by atoms with van der Waals surface area (Å²) in [5, 5.41) is 8.68. The Morgan fingerprint density at radius 2 is 2.04 bits per heavy atom. The number of H-pyrrole nitrogens is 1. The Labute approximate surface area is 145 Å². The quantitative estimate of drug-likeness (QED) is 0.840. The molecule has 2 N–H and O–H groups in total. The number of benzene rings is 1.